The van der Waals surface area contributed by atoms with E-state index in [0.717, 1.165) is 55.3 Å². The molecule has 4 N–H and O–H groups in total. The summed E-state index contributed by atoms with van der Waals surface area (Å²) in [4.78, 5) is 8.40. The summed E-state index contributed by atoms with van der Waals surface area (Å²) in [7, 11) is 0. The van der Waals surface area contributed by atoms with Gasteiger partial charge >= 0.3 is 0 Å². The molecule has 0 bridgehead atoms. The number of nitrogens with one attached hydrogen (secondary N) is 2. The third kappa shape index (κ3) is 4.37. The first-order chi connectivity index (χ1) is 16.7. The number of nitrogens with two attached hydrogens (primary N) is 1. The van der Waals surface area contributed by atoms with Crippen molar-refractivity contribution in [1.29, 1.82) is 0 Å². The zero-order valence-corrected chi connectivity index (χ0v) is 19.1. The molecular formula is C27H29N7. The topological polar surface area (TPSA) is 96.9 Å². The lowest BCUT2D eigenvalue weighted by Gasteiger charge is -2.32. The van der Waals surface area contributed by atoms with Gasteiger partial charge in [0.1, 0.15) is 11.3 Å². The second-order valence-electron chi connectivity index (χ2n) is 9.12. The molecule has 2 aromatic carbocycles. The summed E-state index contributed by atoms with van der Waals surface area (Å²) in [6.07, 6.45) is 4.69. The van der Waals surface area contributed by atoms with Crippen LogP contribution in [-0.4, -0.2) is 33.0 Å². The number of aromatic amines is 1. The summed E-state index contributed by atoms with van der Waals surface area (Å²) in [5, 5.41) is 15.0. The summed E-state index contributed by atoms with van der Waals surface area (Å²) in [6, 6.07) is 23.1. The number of rotatable bonds is 7. The van der Waals surface area contributed by atoms with Crippen molar-refractivity contribution in [2.75, 3.05) is 12.3 Å². The van der Waals surface area contributed by atoms with Crippen molar-refractivity contribution < 1.29 is 0 Å². The lowest BCUT2D eigenvalue weighted by molar-refractivity contribution is 0.286. The number of anilines is 1. The van der Waals surface area contributed by atoms with Gasteiger partial charge in [0.2, 0.25) is 5.65 Å². The molecule has 7 nitrogen and oxygen atoms in total. The number of fused-ring (bicyclic) bond motifs is 1. The molecule has 1 aliphatic carbocycles. The van der Waals surface area contributed by atoms with Crippen LogP contribution < -0.4 is 11.1 Å². The number of hydrogen-bond donors (Lipinski definition) is 3. The van der Waals surface area contributed by atoms with Crippen molar-refractivity contribution in [3.63, 3.8) is 0 Å². The van der Waals surface area contributed by atoms with Crippen molar-refractivity contribution in [2.24, 2.45) is 0 Å². The fourth-order valence-corrected chi connectivity index (χ4v) is 5.28. The van der Waals surface area contributed by atoms with Crippen molar-refractivity contribution in [2.45, 2.75) is 49.6 Å². The summed E-state index contributed by atoms with van der Waals surface area (Å²) >= 11 is 0. The van der Waals surface area contributed by atoms with Crippen LogP contribution in [0.1, 0.15) is 54.7 Å². The first kappa shape index (κ1) is 22.1. The second-order valence-corrected chi connectivity index (χ2v) is 9.12. The number of nitrogens with zero attached hydrogens (tertiary/aromatic N) is 4. The first-order valence-electron chi connectivity index (χ1n) is 11.9. The molecule has 4 aromatic rings. The van der Waals surface area contributed by atoms with Crippen molar-refractivity contribution >= 4 is 17.0 Å². The van der Waals surface area contributed by atoms with E-state index in [2.05, 4.69) is 67.0 Å². The highest BCUT2D eigenvalue weighted by Crippen LogP contribution is 2.41. The Morgan fingerprint density at radius 1 is 1.06 bits per heavy atom. The third-order valence-corrected chi connectivity index (χ3v) is 7.12. The molecule has 1 aliphatic rings. The molecule has 0 radical (unpaired) electrons. The van der Waals surface area contributed by atoms with Gasteiger partial charge < -0.3 is 15.9 Å². The van der Waals surface area contributed by atoms with Gasteiger partial charge in [0.15, 0.2) is 0 Å². The highest BCUT2D eigenvalue weighted by molar-refractivity contribution is 5.77. The molecule has 1 fully saturated rings. The molecule has 5 rings (SSSR count). The molecule has 172 valence electrons. The van der Waals surface area contributed by atoms with Crippen LogP contribution in [0.3, 0.4) is 0 Å². The Labute approximate surface area is 199 Å². The van der Waals surface area contributed by atoms with Crippen molar-refractivity contribution in [3.05, 3.63) is 94.8 Å². The highest BCUT2D eigenvalue weighted by Gasteiger charge is 2.42. The average molecular weight is 452 g/mol. The second kappa shape index (κ2) is 9.62. The minimum atomic E-state index is -0.376. The van der Waals surface area contributed by atoms with Gasteiger partial charge in [-0.25, -0.2) is 11.6 Å². The Morgan fingerprint density at radius 3 is 2.47 bits per heavy atom. The lowest BCUT2D eigenvalue weighted by Crippen LogP contribution is -2.39. The zero-order valence-electron chi connectivity index (χ0n) is 19.1. The first-order valence-corrected chi connectivity index (χ1v) is 11.9. The molecule has 0 aliphatic heterocycles. The van der Waals surface area contributed by atoms with Crippen LogP contribution in [0.2, 0.25) is 0 Å². The van der Waals surface area contributed by atoms with Crippen LogP contribution in [0.5, 0.6) is 0 Å². The van der Waals surface area contributed by atoms with E-state index >= 15 is 0 Å². The van der Waals surface area contributed by atoms with E-state index in [1.165, 1.54) is 5.56 Å². The number of nitrogen functional groups attached to an aromatic ring is 1. The van der Waals surface area contributed by atoms with E-state index in [1.807, 2.05) is 30.3 Å². The van der Waals surface area contributed by atoms with Gasteiger partial charge in [-0.15, -0.1) is 5.10 Å². The standard InChI is InChI=1S/C27H29N7/c1-29-27(20-10-6-3-7-11-20)15-12-21(13-16-27)30-17-14-22(19-8-4-2-5-9-19)23-18-24(28)31-26-25(23)32-34-33-26/h2-11,18,21-22,30H,12-17H2,(H3,28,31,32,33,34). The number of benzene rings is 2. The monoisotopic (exact) mass is 451 g/mol. The van der Waals surface area contributed by atoms with Gasteiger partial charge in [0.05, 0.1) is 0 Å². The zero-order chi connectivity index (χ0) is 23.4. The maximum Gasteiger partial charge on any atom is 0.257 e. The largest absolute Gasteiger partial charge is 0.384 e. The van der Waals surface area contributed by atoms with Crippen molar-refractivity contribution in [1.82, 2.24) is 25.7 Å². The van der Waals surface area contributed by atoms with Crippen molar-refractivity contribution in [3.8, 4) is 0 Å². The predicted molar refractivity (Wildman–Crippen MR) is 134 cm³/mol. The Hall–Kier alpha value is -3.76. The van der Waals surface area contributed by atoms with Gasteiger partial charge in [-0.3, -0.25) is 0 Å². The van der Waals surface area contributed by atoms with E-state index in [4.69, 9.17) is 12.3 Å². The van der Waals surface area contributed by atoms with Crippen LogP contribution in [-0.2, 0) is 5.54 Å². The van der Waals surface area contributed by atoms with Crippen LogP contribution in [0.25, 0.3) is 16.0 Å². The number of hydrogen-bond acceptors (Lipinski definition) is 5. The molecule has 2 heterocycles. The van der Waals surface area contributed by atoms with E-state index in [1.54, 1.807) is 0 Å². The molecule has 7 heteroatoms. The fraction of sp³-hybridized carbons (Fsp3) is 0.333. The van der Waals surface area contributed by atoms with Gasteiger partial charge in [-0.2, -0.15) is 10.3 Å². The Morgan fingerprint density at radius 2 is 1.76 bits per heavy atom. The Balaban J connectivity index is 1.28. The maximum absolute atomic E-state index is 7.88. The summed E-state index contributed by atoms with van der Waals surface area (Å²) in [5.41, 5.74) is 10.5. The summed E-state index contributed by atoms with van der Waals surface area (Å²) < 4.78 is 0. The predicted octanol–water partition coefficient (Wildman–Crippen LogP) is 4.80. The normalized spacial score (nSPS) is 21.2. The molecule has 1 saturated carbocycles. The summed E-state index contributed by atoms with van der Waals surface area (Å²) in [5.74, 6) is 0.579. The van der Waals surface area contributed by atoms with Crippen LogP contribution in [0.15, 0.2) is 66.7 Å². The molecule has 2 aromatic heterocycles. The minimum absolute atomic E-state index is 0.127. The molecule has 0 saturated heterocycles. The van der Waals surface area contributed by atoms with Gasteiger partial charge in [-0.05, 0) is 43.0 Å². The Bertz CT molecular complexity index is 1270. The molecular weight excluding hydrogens is 422 g/mol. The maximum atomic E-state index is 7.88. The highest BCUT2D eigenvalue weighted by atomic mass is 15.3. The lowest BCUT2D eigenvalue weighted by atomic mass is 9.75. The third-order valence-electron chi connectivity index (χ3n) is 7.12. The molecule has 1 atom stereocenters. The van der Waals surface area contributed by atoms with Gasteiger partial charge in [-0.1, -0.05) is 60.7 Å². The molecule has 34 heavy (non-hydrogen) atoms. The van der Waals surface area contributed by atoms with E-state index in [9.17, 15) is 0 Å². The number of aromatic nitrogens is 4. The molecule has 0 amide bonds. The van der Waals surface area contributed by atoms with E-state index in [0.29, 0.717) is 17.5 Å². The van der Waals surface area contributed by atoms with Crippen LogP contribution >= 0.6 is 0 Å². The van der Waals surface area contributed by atoms with E-state index in [-0.39, 0.29) is 11.5 Å². The number of H-pyrrole nitrogens is 1. The Kier molecular flexibility index (Phi) is 6.24. The van der Waals surface area contributed by atoms with Gasteiger partial charge in [0, 0.05) is 30.4 Å². The summed E-state index contributed by atoms with van der Waals surface area (Å²) in [6.45, 7) is 8.74. The van der Waals surface area contributed by atoms with Gasteiger partial charge in [0.25, 0.3) is 5.54 Å². The van der Waals surface area contributed by atoms with Crippen LogP contribution in [0, 0.1) is 6.57 Å². The average Bonchev–Trinajstić information content (AvgIpc) is 3.36. The van der Waals surface area contributed by atoms with E-state index < -0.39 is 0 Å². The number of pyridine rings is 1. The quantitative estimate of drug-likeness (QED) is 0.351. The minimum Gasteiger partial charge on any atom is -0.384 e. The molecule has 0 spiro atoms. The SMILES string of the molecule is [C-]#[N+]C1(c2ccccc2)CCC(NCCC(c2ccccc2)c2cc(N)nc3n[nH]nc23)CC1. The molecule has 1 unspecified atom stereocenters. The fourth-order valence-electron chi connectivity index (χ4n) is 5.28. The smallest absolute Gasteiger partial charge is 0.257 e. The van der Waals surface area contributed by atoms with Crippen LogP contribution in [0.4, 0.5) is 5.82 Å².